The van der Waals surface area contributed by atoms with E-state index >= 15 is 0 Å². The maximum absolute atomic E-state index is 12.8. The lowest BCUT2D eigenvalue weighted by Gasteiger charge is -2.18. The molecule has 0 bridgehead atoms. The van der Waals surface area contributed by atoms with Gasteiger partial charge in [0.25, 0.3) is 0 Å². The number of hydrogen-bond donors (Lipinski definition) is 0. The molecular formula is C70H112O6. The quantitative estimate of drug-likeness (QED) is 0.0261. The van der Waals surface area contributed by atoms with Gasteiger partial charge in [-0.2, -0.15) is 0 Å². The van der Waals surface area contributed by atoms with Crippen LogP contribution in [-0.2, 0) is 28.6 Å². The number of allylic oxidation sites excluding steroid dienone is 24. The molecule has 0 spiro atoms. The van der Waals surface area contributed by atoms with Gasteiger partial charge in [-0.05, 0) is 122 Å². The fourth-order valence-electron chi connectivity index (χ4n) is 8.04. The zero-order valence-electron chi connectivity index (χ0n) is 49.0. The van der Waals surface area contributed by atoms with Crippen LogP contribution in [0.4, 0.5) is 0 Å². The van der Waals surface area contributed by atoms with E-state index in [2.05, 4.69) is 167 Å². The second kappa shape index (κ2) is 62.8. The molecule has 0 aromatic rings. The molecule has 1 unspecified atom stereocenters. The number of ether oxygens (including phenoxy) is 3. The molecule has 6 nitrogen and oxygen atoms in total. The van der Waals surface area contributed by atoms with Crippen molar-refractivity contribution < 1.29 is 28.6 Å². The van der Waals surface area contributed by atoms with Gasteiger partial charge in [-0.25, -0.2) is 0 Å². The molecule has 0 heterocycles. The summed E-state index contributed by atoms with van der Waals surface area (Å²) < 4.78 is 16.8. The van der Waals surface area contributed by atoms with Crippen LogP contribution in [-0.4, -0.2) is 37.2 Å². The van der Waals surface area contributed by atoms with Crippen LogP contribution >= 0.6 is 0 Å². The third-order valence-electron chi connectivity index (χ3n) is 12.6. The molecule has 0 radical (unpaired) electrons. The Morgan fingerprint density at radius 2 is 0.513 bits per heavy atom. The van der Waals surface area contributed by atoms with Gasteiger partial charge in [-0.1, -0.05) is 263 Å². The van der Waals surface area contributed by atoms with Crippen molar-refractivity contribution in [1.29, 1.82) is 0 Å². The first kappa shape index (κ1) is 71.3. The van der Waals surface area contributed by atoms with E-state index in [9.17, 15) is 14.4 Å². The average Bonchev–Trinajstić information content (AvgIpc) is 3.42. The van der Waals surface area contributed by atoms with Gasteiger partial charge in [0, 0.05) is 19.3 Å². The number of carbonyl (C=O) groups is 3. The van der Waals surface area contributed by atoms with E-state index in [1.54, 1.807) is 0 Å². The lowest BCUT2D eigenvalue weighted by atomic mass is 10.1. The van der Waals surface area contributed by atoms with E-state index in [0.29, 0.717) is 19.3 Å². The highest BCUT2D eigenvalue weighted by molar-refractivity contribution is 5.71. The minimum Gasteiger partial charge on any atom is -0.462 e. The van der Waals surface area contributed by atoms with Crippen molar-refractivity contribution in [1.82, 2.24) is 0 Å². The molecule has 0 N–H and O–H groups in total. The number of rotatable bonds is 54. The molecule has 0 saturated heterocycles. The topological polar surface area (TPSA) is 78.9 Å². The maximum atomic E-state index is 12.8. The Bertz CT molecular complexity index is 1680. The molecule has 0 fully saturated rings. The summed E-state index contributed by atoms with van der Waals surface area (Å²) in [7, 11) is 0. The van der Waals surface area contributed by atoms with Gasteiger partial charge < -0.3 is 14.2 Å². The fraction of sp³-hybridized carbons (Fsp3) is 0.614. The molecule has 76 heavy (non-hydrogen) atoms. The molecule has 0 saturated carbocycles. The monoisotopic (exact) mass is 1050 g/mol. The number of carbonyl (C=O) groups excluding carboxylic acids is 3. The molecule has 0 aliphatic heterocycles. The van der Waals surface area contributed by atoms with Gasteiger partial charge in [0.15, 0.2) is 6.10 Å². The number of unbranched alkanes of at least 4 members (excludes halogenated alkanes) is 19. The summed E-state index contributed by atoms with van der Waals surface area (Å²) in [6, 6.07) is 0. The maximum Gasteiger partial charge on any atom is 0.306 e. The van der Waals surface area contributed by atoms with E-state index in [0.717, 1.165) is 148 Å². The molecule has 0 rings (SSSR count). The first-order valence-electron chi connectivity index (χ1n) is 30.8. The molecule has 0 amide bonds. The highest BCUT2D eigenvalue weighted by Gasteiger charge is 2.19. The predicted octanol–water partition coefficient (Wildman–Crippen LogP) is 21.2. The highest BCUT2D eigenvalue weighted by Crippen LogP contribution is 2.14. The van der Waals surface area contributed by atoms with Crippen LogP contribution in [0.1, 0.15) is 258 Å². The average molecular weight is 1050 g/mol. The lowest BCUT2D eigenvalue weighted by Crippen LogP contribution is -2.30. The van der Waals surface area contributed by atoms with E-state index in [1.165, 1.54) is 70.6 Å². The van der Waals surface area contributed by atoms with Gasteiger partial charge in [-0.3, -0.25) is 14.4 Å². The second-order valence-corrected chi connectivity index (χ2v) is 19.9. The first-order chi connectivity index (χ1) is 37.5. The van der Waals surface area contributed by atoms with Crippen molar-refractivity contribution in [2.24, 2.45) is 0 Å². The Hall–Kier alpha value is -4.71. The van der Waals surface area contributed by atoms with E-state index in [1.807, 2.05) is 0 Å². The van der Waals surface area contributed by atoms with Crippen molar-refractivity contribution in [2.75, 3.05) is 13.2 Å². The minimum atomic E-state index is -0.792. The molecule has 0 aromatic heterocycles. The zero-order chi connectivity index (χ0) is 55.0. The minimum absolute atomic E-state index is 0.0907. The Morgan fingerprint density at radius 3 is 0.803 bits per heavy atom. The molecule has 1 atom stereocenters. The van der Waals surface area contributed by atoms with Crippen molar-refractivity contribution in [2.45, 2.75) is 264 Å². The van der Waals surface area contributed by atoms with Crippen LogP contribution in [0.3, 0.4) is 0 Å². The van der Waals surface area contributed by atoms with E-state index < -0.39 is 6.10 Å². The Labute approximate surface area is 467 Å². The van der Waals surface area contributed by atoms with Crippen LogP contribution < -0.4 is 0 Å². The van der Waals surface area contributed by atoms with Crippen LogP contribution in [0.25, 0.3) is 0 Å². The van der Waals surface area contributed by atoms with Gasteiger partial charge in [0.1, 0.15) is 13.2 Å². The summed E-state index contributed by atoms with van der Waals surface area (Å²) in [5, 5.41) is 0. The zero-order valence-corrected chi connectivity index (χ0v) is 49.0. The Balaban J connectivity index is 4.20. The summed E-state index contributed by atoms with van der Waals surface area (Å²) >= 11 is 0. The largest absolute Gasteiger partial charge is 0.462 e. The summed E-state index contributed by atoms with van der Waals surface area (Å²) in [4.78, 5) is 38.0. The van der Waals surface area contributed by atoms with Crippen LogP contribution in [0.2, 0.25) is 0 Å². The molecule has 428 valence electrons. The van der Waals surface area contributed by atoms with E-state index in [-0.39, 0.29) is 31.1 Å². The number of hydrogen-bond acceptors (Lipinski definition) is 6. The highest BCUT2D eigenvalue weighted by atomic mass is 16.6. The molecule has 0 aliphatic carbocycles. The van der Waals surface area contributed by atoms with Crippen molar-refractivity contribution in [3.8, 4) is 0 Å². The van der Waals surface area contributed by atoms with Gasteiger partial charge in [-0.15, -0.1) is 0 Å². The second-order valence-electron chi connectivity index (χ2n) is 19.9. The van der Waals surface area contributed by atoms with Crippen LogP contribution in [0.5, 0.6) is 0 Å². The third-order valence-corrected chi connectivity index (χ3v) is 12.6. The summed E-state index contributed by atoms with van der Waals surface area (Å²) in [6.07, 6.45) is 90.2. The van der Waals surface area contributed by atoms with Gasteiger partial charge >= 0.3 is 17.9 Å². The molecular weight excluding hydrogens is 937 g/mol. The lowest BCUT2D eigenvalue weighted by molar-refractivity contribution is -0.167. The smallest absolute Gasteiger partial charge is 0.306 e. The Morgan fingerprint density at radius 1 is 0.276 bits per heavy atom. The number of esters is 3. The van der Waals surface area contributed by atoms with E-state index in [4.69, 9.17) is 14.2 Å². The normalized spacial score (nSPS) is 13.1. The van der Waals surface area contributed by atoms with Gasteiger partial charge in [0.2, 0.25) is 0 Å². The standard InChI is InChI=1S/C70H112O6/c1-4-7-10-13-16-18-20-22-24-26-28-30-32-33-34-35-36-37-39-40-42-44-46-48-50-52-54-57-60-63-69(72)75-66-67(65-74-68(71)62-59-56-15-12-9-6-3)76-70(73)64-61-58-55-53-51-49-47-45-43-41-38-31-29-27-25-23-21-19-17-14-11-8-5-2/h7-8,10-11,16-19,22-25,28-31,33-34,36-37,40-43,67H,4-6,9,12-15,20-21,26-27,32,35,38-39,44-66H2,1-3H3/b10-7-,11-8-,18-16-,19-17-,24-22-,25-23-,30-28-,31-29-,34-33-,37-36-,42-40-,43-41-. The predicted molar refractivity (Wildman–Crippen MR) is 329 cm³/mol. The van der Waals surface area contributed by atoms with Crippen molar-refractivity contribution in [3.63, 3.8) is 0 Å². The fourth-order valence-corrected chi connectivity index (χ4v) is 8.04. The van der Waals surface area contributed by atoms with Gasteiger partial charge in [0.05, 0.1) is 0 Å². The van der Waals surface area contributed by atoms with Crippen LogP contribution in [0.15, 0.2) is 146 Å². The third kappa shape index (κ3) is 60.2. The first-order valence-corrected chi connectivity index (χ1v) is 30.8. The molecule has 6 heteroatoms. The van der Waals surface area contributed by atoms with Crippen molar-refractivity contribution >= 4 is 17.9 Å². The SMILES string of the molecule is CC/C=C\C/C=C\C/C=C\C/C=C\C/C=C\C/C=C\C/C=C\CCCCCCCCCC(=O)OCC(COC(=O)CCCCCCCC)OC(=O)CCCCCCCCC/C=C\C/C=C\C/C=C\C/C=C\C/C=C\CC. The summed E-state index contributed by atoms with van der Waals surface area (Å²) in [5.41, 5.74) is 0. The van der Waals surface area contributed by atoms with Crippen LogP contribution in [0, 0.1) is 0 Å². The summed E-state index contributed by atoms with van der Waals surface area (Å²) in [5.74, 6) is -0.927. The molecule has 0 aromatic carbocycles. The van der Waals surface area contributed by atoms with Crippen molar-refractivity contribution in [3.05, 3.63) is 146 Å². The molecule has 0 aliphatic rings. The summed E-state index contributed by atoms with van der Waals surface area (Å²) in [6.45, 7) is 6.33. The Kier molecular flexibility index (Phi) is 58.9.